The van der Waals surface area contributed by atoms with Gasteiger partial charge in [-0.05, 0) is 49.3 Å². The van der Waals surface area contributed by atoms with Gasteiger partial charge < -0.3 is 20.7 Å². The number of hydrogen-bond donors (Lipinski definition) is 3. The van der Waals surface area contributed by atoms with Crippen molar-refractivity contribution in [2.24, 2.45) is 11.8 Å². The first kappa shape index (κ1) is 24.6. The number of ether oxygens (including phenoxy) is 1. The summed E-state index contributed by atoms with van der Waals surface area (Å²) in [5.41, 5.74) is 0.339. The number of benzene rings is 1. The van der Waals surface area contributed by atoms with Gasteiger partial charge in [0.15, 0.2) is 0 Å². The number of aryl methyl sites for hydroxylation is 1. The number of carbonyl (C=O) groups is 4. The Bertz CT molecular complexity index is 886. The lowest BCUT2D eigenvalue weighted by molar-refractivity contribution is -0.146. The molecule has 2 aliphatic rings. The Kier molecular flexibility index (Phi) is 8.35. The van der Waals surface area contributed by atoms with E-state index >= 15 is 0 Å². The summed E-state index contributed by atoms with van der Waals surface area (Å²) in [6, 6.07) is 1.20. The number of carbonyl (C=O) groups excluding carboxylic acids is 4. The Morgan fingerprint density at radius 3 is 2.33 bits per heavy atom. The molecule has 0 radical (unpaired) electrons. The topological polar surface area (TPSA) is 114 Å². The fourth-order valence-electron chi connectivity index (χ4n) is 3.98. The van der Waals surface area contributed by atoms with Crippen LogP contribution in [0.4, 0.5) is 8.78 Å². The SMILES string of the molecule is COC(=O)[C@H](C[C@@H]1CCNC1=O)NC(=O)[C@H](CC1CC1)NC(=O)CCc1cc(F)cc(F)c1. The van der Waals surface area contributed by atoms with Gasteiger partial charge in [0, 0.05) is 24.9 Å². The molecule has 3 amide bonds. The molecule has 180 valence electrons. The Morgan fingerprint density at radius 1 is 1.06 bits per heavy atom. The van der Waals surface area contributed by atoms with Crippen LogP contribution < -0.4 is 16.0 Å². The van der Waals surface area contributed by atoms with E-state index in [-0.39, 0.29) is 25.2 Å². The minimum Gasteiger partial charge on any atom is -0.467 e. The zero-order chi connectivity index (χ0) is 24.0. The van der Waals surface area contributed by atoms with Crippen molar-refractivity contribution in [3.05, 3.63) is 35.4 Å². The van der Waals surface area contributed by atoms with Gasteiger partial charge >= 0.3 is 5.97 Å². The van der Waals surface area contributed by atoms with Crippen LogP contribution in [-0.2, 0) is 30.3 Å². The number of nitrogens with one attached hydrogen (secondary N) is 3. The third kappa shape index (κ3) is 7.50. The first-order valence-corrected chi connectivity index (χ1v) is 11.2. The molecule has 3 atom stereocenters. The Morgan fingerprint density at radius 2 is 1.76 bits per heavy atom. The highest BCUT2D eigenvalue weighted by Gasteiger charge is 2.35. The minimum atomic E-state index is -1.01. The Balaban J connectivity index is 1.59. The van der Waals surface area contributed by atoms with E-state index in [2.05, 4.69) is 16.0 Å². The molecule has 1 aliphatic carbocycles. The van der Waals surface area contributed by atoms with Gasteiger partial charge in [0.05, 0.1) is 7.11 Å². The van der Waals surface area contributed by atoms with E-state index in [1.54, 1.807) is 0 Å². The quantitative estimate of drug-likeness (QED) is 0.427. The van der Waals surface area contributed by atoms with Gasteiger partial charge in [0.2, 0.25) is 17.7 Å². The van der Waals surface area contributed by atoms with E-state index in [4.69, 9.17) is 4.74 Å². The van der Waals surface area contributed by atoms with E-state index in [9.17, 15) is 28.0 Å². The minimum absolute atomic E-state index is 0.0555. The summed E-state index contributed by atoms with van der Waals surface area (Å²) in [6.45, 7) is 0.515. The summed E-state index contributed by atoms with van der Waals surface area (Å²) in [7, 11) is 1.20. The number of hydrogen-bond acceptors (Lipinski definition) is 5. The molecule has 33 heavy (non-hydrogen) atoms. The van der Waals surface area contributed by atoms with Crippen molar-refractivity contribution in [3.8, 4) is 0 Å². The predicted molar refractivity (Wildman–Crippen MR) is 114 cm³/mol. The molecular weight excluding hydrogens is 436 g/mol. The summed E-state index contributed by atoms with van der Waals surface area (Å²) < 4.78 is 31.5. The molecule has 0 unspecified atom stereocenters. The molecule has 0 spiro atoms. The van der Waals surface area contributed by atoms with Crippen LogP contribution in [0.25, 0.3) is 0 Å². The second kappa shape index (κ2) is 11.2. The fourth-order valence-corrected chi connectivity index (χ4v) is 3.98. The molecule has 8 nitrogen and oxygen atoms in total. The molecule has 3 N–H and O–H groups in total. The maximum Gasteiger partial charge on any atom is 0.328 e. The highest BCUT2D eigenvalue weighted by Crippen LogP contribution is 2.33. The fraction of sp³-hybridized carbons (Fsp3) is 0.565. The van der Waals surface area contributed by atoms with Crippen molar-refractivity contribution in [2.75, 3.05) is 13.7 Å². The van der Waals surface area contributed by atoms with Crippen molar-refractivity contribution in [2.45, 2.75) is 57.0 Å². The molecular formula is C23H29F2N3O5. The lowest BCUT2D eigenvalue weighted by Crippen LogP contribution is -2.52. The van der Waals surface area contributed by atoms with E-state index in [0.717, 1.165) is 31.0 Å². The largest absolute Gasteiger partial charge is 0.467 e. The van der Waals surface area contributed by atoms with Crippen molar-refractivity contribution >= 4 is 23.7 Å². The van der Waals surface area contributed by atoms with E-state index in [1.165, 1.54) is 7.11 Å². The number of halogens is 2. The summed E-state index contributed by atoms with van der Waals surface area (Å²) >= 11 is 0. The molecule has 10 heteroatoms. The van der Waals surface area contributed by atoms with Crippen LogP contribution in [0.15, 0.2) is 18.2 Å². The van der Waals surface area contributed by atoms with E-state index in [1.807, 2.05) is 0 Å². The van der Waals surface area contributed by atoms with Crippen LogP contribution in [-0.4, -0.2) is 49.4 Å². The van der Waals surface area contributed by atoms with Crippen molar-refractivity contribution in [3.63, 3.8) is 0 Å². The third-order valence-corrected chi connectivity index (χ3v) is 5.97. The molecule has 1 saturated heterocycles. The molecule has 0 aromatic heterocycles. The highest BCUT2D eigenvalue weighted by molar-refractivity contribution is 5.91. The highest BCUT2D eigenvalue weighted by atomic mass is 19.1. The Labute approximate surface area is 190 Å². The van der Waals surface area contributed by atoms with Gasteiger partial charge in [-0.15, -0.1) is 0 Å². The monoisotopic (exact) mass is 465 g/mol. The van der Waals surface area contributed by atoms with Gasteiger partial charge in [0.1, 0.15) is 23.7 Å². The third-order valence-electron chi connectivity index (χ3n) is 5.97. The lowest BCUT2D eigenvalue weighted by Gasteiger charge is -2.23. The molecule has 1 saturated carbocycles. The molecule has 2 fully saturated rings. The van der Waals surface area contributed by atoms with Crippen LogP contribution in [0.1, 0.15) is 44.1 Å². The van der Waals surface area contributed by atoms with Gasteiger partial charge in [-0.1, -0.05) is 12.8 Å². The summed E-state index contributed by atoms with van der Waals surface area (Å²) in [4.78, 5) is 49.5. The molecule has 1 aliphatic heterocycles. The Hall–Kier alpha value is -3.04. The van der Waals surface area contributed by atoms with Gasteiger partial charge in [-0.25, -0.2) is 13.6 Å². The molecule has 3 rings (SSSR count). The van der Waals surface area contributed by atoms with Crippen LogP contribution in [0.3, 0.4) is 0 Å². The van der Waals surface area contributed by atoms with Crippen molar-refractivity contribution in [1.82, 2.24) is 16.0 Å². The van der Waals surface area contributed by atoms with Gasteiger partial charge in [-0.3, -0.25) is 14.4 Å². The first-order valence-electron chi connectivity index (χ1n) is 11.2. The number of rotatable bonds is 11. The van der Waals surface area contributed by atoms with Crippen LogP contribution in [0.5, 0.6) is 0 Å². The molecule has 1 aromatic carbocycles. The van der Waals surface area contributed by atoms with Gasteiger partial charge in [-0.2, -0.15) is 0 Å². The van der Waals surface area contributed by atoms with Gasteiger partial charge in [0.25, 0.3) is 0 Å². The summed E-state index contributed by atoms with van der Waals surface area (Å²) in [5, 5.41) is 8.01. The average Bonchev–Trinajstić information content (AvgIpc) is 3.50. The normalized spacial score (nSPS) is 19.4. The zero-order valence-corrected chi connectivity index (χ0v) is 18.5. The molecule has 1 aromatic rings. The zero-order valence-electron chi connectivity index (χ0n) is 18.5. The number of esters is 1. The summed E-state index contributed by atoms with van der Waals surface area (Å²) in [6.07, 6.45) is 3.05. The smallest absolute Gasteiger partial charge is 0.328 e. The average molecular weight is 465 g/mol. The van der Waals surface area contributed by atoms with Crippen molar-refractivity contribution in [1.29, 1.82) is 0 Å². The van der Waals surface area contributed by atoms with Crippen LogP contribution in [0, 0.1) is 23.5 Å². The number of methoxy groups -OCH3 is 1. The molecule has 0 bridgehead atoms. The predicted octanol–water partition coefficient (Wildman–Crippen LogP) is 1.37. The second-order valence-electron chi connectivity index (χ2n) is 8.67. The maximum atomic E-state index is 13.3. The van der Waals surface area contributed by atoms with E-state index < -0.39 is 47.4 Å². The first-order chi connectivity index (χ1) is 15.7. The second-order valence-corrected chi connectivity index (χ2v) is 8.67. The number of amides is 3. The van der Waals surface area contributed by atoms with Crippen molar-refractivity contribution < 1.29 is 32.7 Å². The van der Waals surface area contributed by atoms with Crippen LogP contribution >= 0.6 is 0 Å². The lowest BCUT2D eigenvalue weighted by atomic mass is 9.97. The van der Waals surface area contributed by atoms with E-state index in [0.29, 0.717) is 30.9 Å². The summed E-state index contributed by atoms with van der Waals surface area (Å²) in [5.74, 6) is -3.34. The van der Waals surface area contributed by atoms with Crippen LogP contribution in [0.2, 0.25) is 0 Å². The maximum absolute atomic E-state index is 13.3. The standard InChI is InChI=1S/C23H29F2N3O5/c1-33-23(32)19(11-15-6-7-26-21(15)30)28-22(31)18(10-13-2-3-13)27-20(29)5-4-14-8-16(24)12-17(25)9-14/h8-9,12-13,15,18-19H,2-7,10-11H2,1H3,(H,26,30)(H,27,29)(H,28,31)/t15-,18-,19-/m0/s1. The molecule has 1 heterocycles.